The lowest BCUT2D eigenvalue weighted by Crippen LogP contribution is -2.27. The van der Waals surface area contributed by atoms with Gasteiger partial charge < -0.3 is 5.32 Å². The molecule has 0 saturated heterocycles. The number of rotatable bonds is 5. The maximum absolute atomic E-state index is 11.2. The molecule has 0 aromatic carbocycles. The van der Waals surface area contributed by atoms with Gasteiger partial charge >= 0.3 is 5.69 Å². The second-order valence-electron chi connectivity index (χ2n) is 3.30. The van der Waals surface area contributed by atoms with E-state index < -0.39 is 11.2 Å². The Morgan fingerprint density at radius 2 is 2.29 bits per heavy atom. The highest BCUT2D eigenvalue weighted by atomic mass is 16.2. The summed E-state index contributed by atoms with van der Waals surface area (Å²) in [6.07, 6.45) is 4.11. The Morgan fingerprint density at radius 3 is 3.00 bits per heavy atom. The SMILES string of the molecule is O=c1[nH]nc(NCCCn2ccnn2)c(=O)[nH]1. The van der Waals surface area contributed by atoms with Gasteiger partial charge in [-0.05, 0) is 6.42 Å². The van der Waals surface area contributed by atoms with Crippen LogP contribution in [0, 0.1) is 0 Å². The van der Waals surface area contributed by atoms with Gasteiger partial charge in [0.15, 0.2) is 0 Å². The molecule has 17 heavy (non-hydrogen) atoms. The van der Waals surface area contributed by atoms with E-state index in [1.54, 1.807) is 17.1 Å². The summed E-state index contributed by atoms with van der Waals surface area (Å²) in [6, 6.07) is 0. The lowest BCUT2D eigenvalue weighted by molar-refractivity contribution is 0.569. The summed E-state index contributed by atoms with van der Waals surface area (Å²) in [6.45, 7) is 1.23. The van der Waals surface area contributed by atoms with Crippen LogP contribution in [0.5, 0.6) is 0 Å². The Balaban J connectivity index is 1.82. The second kappa shape index (κ2) is 5.05. The number of nitrogens with one attached hydrogen (secondary N) is 3. The molecule has 0 unspecified atom stereocenters. The maximum atomic E-state index is 11.2. The van der Waals surface area contributed by atoms with Crippen LogP contribution in [0.2, 0.25) is 0 Å². The zero-order chi connectivity index (χ0) is 12.1. The minimum atomic E-state index is -0.622. The highest BCUT2D eigenvalue weighted by Crippen LogP contribution is 1.90. The maximum Gasteiger partial charge on any atom is 0.342 e. The van der Waals surface area contributed by atoms with Crippen molar-refractivity contribution < 1.29 is 0 Å². The number of nitrogens with zero attached hydrogens (tertiary/aromatic N) is 4. The molecule has 0 amide bonds. The zero-order valence-electron chi connectivity index (χ0n) is 8.88. The number of aryl methyl sites for hydroxylation is 1. The van der Waals surface area contributed by atoms with E-state index in [-0.39, 0.29) is 5.82 Å². The minimum Gasteiger partial charge on any atom is -0.364 e. The molecular formula is C8H11N7O2. The Labute approximate surface area is 94.9 Å². The van der Waals surface area contributed by atoms with E-state index >= 15 is 0 Å². The molecule has 2 aromatic heterocycles. The van der Waals surface area contributed by atoms with Crippen LogP contribution in [0.3, 0.4) is 0 Å². The summed E-state index contributed by atoms with van der Waals surface area (Å²) in [5.41, 5.74) is -1.15. The monoisotopic (exact) mass is 237 g/mol. The van der Waals surface area contributed by atoms with Gasteiger partial charge in [0.25, 0.3) is 5.56 Å². The molecule has 0 radical (unpaired) electrons. The fourth-order valence-electron chi connectivity index (χ4n) is 1.27. The largest absolute Gasteiger partial charge is 0.364 e. The predicted molar refractivity (Wildman–Crippen MR) is 58.6 cm³/mol. The van der Waals surface area contributed by atoms with E-state index in [9.17, 15) is 9.59 Å². The van der Waals surface area contributed by atoms with Crippen LogP contribution in [-0.2, 0) is 6.54 Å². The van der Waals surface area contributed by atoms with Crippen molar-refractivity contribution in [3.8, 4) is 0 Å². The molecule has 0 atom stereocenters. The molecule has 0 spiro atoms. The number of anilines is 1. The summed E-state index contributed by atoms with van der Waals surface area (Å²) < 4.78 is 1.69. The van der Waals surface area contributed by atoms with Crippen LogP contribution >= 0.6 is 0 Å². The first kappa shape index (κ1) is 11.0. The fraction of sp³-hybridized carbons (Fsp3) is 0.375. The predicted octanol–water partition coefficient (Wildman–Crippen LogP) is -1.45. The minimum absolute atomic E-state index is 0.100. The van der Waals surface area contributed by atoms with Gasteiger partial charge in [-0.25, -0.2) is 9.89 Å². The average molecular weight is 237 g/mol. The van der Waals surface area contributed by atoms with Crippen molar-refractivity contribution in [1.82, 2.24) is 30.2 Å². The van der Waals surface area contributed by atoms with Crippen LogP contribution in [0.25, 0.3) is 0 Å². The normalized spacial score (nSPS) is 10.4. The smallest absolute Gasteiger partial charge is 0.342 e. The molecule has 2 rings (SSSR count). The van der Waals surface area contributed by atoms with Crippen LogP contribution in [0.15, 0.2) is 22.0 Å². The molecule has 0 aliphatic heterocycles. The summed E-state index contributed by atoms with van der Waals surface area (Å²) in [5.74, 6) is 0.100. The van der Waals surface area contributed by atoms with Crippen molar-refractivity contribution in [2.75, 3.05) is 11.9 Å². The molecule has 0 fully saturated rings. The van der Waals surface area contributed by atoms with Gasteiger partial charge in [-0.2, -0.15) is 0 Å². The van der Waals surface area contributed by atoms with Crippen molar-refractivity contribution in [1.29, 1.82) is 0 Å². The highest BCUT2D eigenvalue weighted by Gasteiger charge is 2.00. The Bertz CT molecular complexity index is 570. The molecule has 2 heterocycles. The Kier molecular flexibility index (Phi) is 3.28. The first-order valence-electron chi connectivity index (χ1n) is 5.02. The number of hydrogen-bond acceptors (Lipinski definition) is 6. The lowest BCUT2D eigenvalue weighted by Gasteiger charge is -2.03. The Hall–Kier alpha value is -2.45. The number of aromatic nitrogens is 6. The van der Waals surface area contributed by atoms with Crippen molar-refractivity contribution >= 4 is 5.82 Å². The van der Waals surface area contributed by atoms with Crippen LogP contribution < -0.4 is 16.6 Å². The van der Waals surface area contributed by atoms with Gasteiger partial charge in [0.1, 0.15) is 0 Å². The topological polar surface area (TPSA) is 121 Å². The van der Waals surface area contributed by atoms with Crippen molar-refractivity contribution in [3.63, 3.8) is 0 Å². The van der Waals surface area contributed by atoms with E-state index in [1.807, 2.05) is 0 Å². The molecule has 0 saturated carbocycles. The van der Waals surface area contributed by atoms with E-state index in [4.69, 9.17) is 0 Å². The fourth-order valence-corrected chi connectivity index (χ4v) is 1.27. The van der Waals surface area contributed by atoms with Gasteiger partial charge in [0.2, 0.25) is 5.82 Å². The van der Waals surface area contributed by atoms with Gasteiger partial charge in [0.05, 0.1) is 6.20 Å². The molecule has 0 bridgehead atoms. The molecule has 90 valence electrons. The molecule has 0 aliphatic rings. The third kappa shape index (κ3) is 3.00. The van der Waals surface area contributed by atoms with Crippen LogP contribution in [0.1, 0.15) is 6.42 Å². The van der Waals surface area contributed by atoms with Crippen molar-refractivity contribution in [3.05, 3.63) is 33.2 Å². The summed E-state index contributed by atoms with van der Waals surface area (Å²) >= 11 is 0. The first-order chi connectivity index (χ1) is 8.25. The van der Waals surface area contributed by atoms with Crippen molar-refractivity contribution in [2.24, 2.45) is 0 Å². The third-order valence-electron chi connectivity index (χ3n) is 2.04. The van der Waals surface area contributed by atoms with E-state index in [1.165, 1.54) is 0 Å². The lowest BCUT2D eigenvalue weighted by atomic mass is 10.4. The first-order valence-corrected chi connectivity index (χ1v) is 5.02. The number of hydrogen-bond donors (Lipinski definition) is 3. The number of aromatic amines is 2. The number of H-pyrrole nitrogens is 2. The van der Waals surface area contributed by atoms with Crippen LogP contribution in [-0.4, -0.2) is 36.7 Å². The molecule has 9 nitrogen and oxygen atoms in total. The molecular weight excluding hydrogens is 226 g/mol. The summed E-state index contributed by atoms with van der Waals surface area (Å²) in [7, 11) is 0. The molecule has 0 aliphatic carbocycles. The average Bonchev–Trinajstić information content (AvgIpc) is 2.79. The van der Waals surface area contributed by atoms with Gasteiger partial charge in [0, 0.05) is 19.3 Å². The second-order valence-corrected chi connectivity index (χ2v) is 3.30. The van der Waals surface area contributed by atoms with E-state index in [2.05, 4.69) is 30.8 Å². The Morgan fingerprint density at radius 1 is 1.41 bits per heavy atom. The van der Waals surface area contributed by atoms with Crippen LogP contribution in [0.4, 0.5) is 5.82 Å². The zero-order valence-corrected chi connectivity index (χ0v) is 8.88. The molecule has 9 heteroatoms. The molecule has 3 N–H and O–H groups in total. The third-order valence-corrected chi connectivity index (χ3v) is 2.04. The quantitative estimate of drug-likeness (QED) is 0.547. The van der Waals surface area contributed by atoms with Gasteiger partial charge in [-0.15, -0.1) is 10.2 Å². The summed E-state index contributed by atoms with van der Waals surface area (Å²) in [5, 5.41) is 16.0. The van der Waals surface area contributed by atoms with E-state index in [0.717, 1.165) is 6.42 Å². The van der Waals surface area contributed by atoms with E-state index in [0.29, 0.717) is 13.1 Å². The summed E-state index contributed by atoms with van der Waals surface area (Å²) in [4.78, 5) is 24.0. The molecule has 2 aromatic rings. The van der Waals surface area contributed by atoms with Gasteiger partial charge in [-0.3, -0.25) is 14.5 Å². The van der Waals surface area contributed by atoms with Crippen molar-refractivity contribution in [2.45, 2.75) is 13.0 Å². The standard InChI is InChI=1S/C8H11N7O2/c16-7-6(12-13-8(17)11-7)9-2-1-4-15-5-3-10-14-15/h3,5H,1-2,4H2,(H,9,12)(H2,11,13,16,17). The highest BCUT2D eigenvalue weighted by molar-refractivity contribution is 5.28. The van der Waals surface area contributed by atoms with Gasteiger partial charge in [-0.1, -0.05) is 5.21 Å².